The van der Waals surface area contributed by atoms with Crippen LogP contribution in [0.5, 0.6) is 23.0 Å². The molecule has 0 atom stereocenters. The Balaban J connectivity index is 2.06. The number of hydrogen-bond acceptors (Lipinski definition) is 5. The Kier molecular flexibility index (Phi) is 4.65. The van der Waals surface area contributed by atoms with Crippen molar-refractivity contribution in [3.8, 4) is 23.0 Å². The predicted octanol–water partition coefficient (Wildman–Crippen LogP) is 3.68. The summed E-state index contributed by atoms with van der Waals surface area (Å²) in [6.07, 6.45) is 1.77. The lowest BCUT2D eigenvalue weighted by atomic mass is 9.96. The number of ether oxygens (including phenoxy) is 4. The zero-order valence-electron chi connectivity index (χ0n) is 14.7. The molecule has 0 spiro atoms. The largest absolute Gasteiger partial charge is 0.493 e. The lowest BCUT2D eigenvalue weighted by molar-refractivity contribution is 0.100. The van der Waals surface area contributed by atoms with Crippen LogP contribution < -0.4 is 18.9 Å². The van der Waals surface area contributed by atoms with Gasteiger partial charge in [-0.2, -0.15) is 0 Å². The van der Waals surface area contributed by atoms with E-state index in [1.165, 1.54) is 0 Å². The number of rotatable bonds is 4. The summed E-state index contributed by atoms with van der Waals surface area (Å²) >= 11 is 0. The normalized spacial score (nSPS) is 14.7. The number of ketones is 1. The van der Waals surface area contributed by atoms with Gasteiger partial charge in [-0.1, -0.05) is 12.1 Å². The topological polar surface area (TPSA) is 54.0 Å². The molecule has 2 aromatic rings. The third-order valence-corrected chi connectivity index (χ3v) is 4.18. The highest BCUT2D eigenvalue weighted by Crippen LogP contribution is 2.41. The molecule has 0 fully saturated rings. The molecule has 0 amide bonds. The standard InChI is InChI=1S/C20H20O5/c1-12-6-5-7-15-17(21)14(11-25-18(12)15)10-13-8-9-16(22-2)20(24-4)19(13)23-3/h5-10H,11H2,1-4H3/b14-10-. The highest BCUT2D eigenvalue weighted by molar-refractivity contribution is 6.14. The zero-order valence-corrected chi connectivity index (χ0v) is 14.7. The van der Waals surface area contributed by atoms with E-state index in [0.717, 1.165) is 11.1 Å². The minimum absolute atomic E-state index is 0.0400. The maximum absolute atomic E-state index is 12.8. The predicted molar refractivity (Wildman–Crippen MR) is 95.1 cm³/mol. The highest BCUT2D eigenvalue weighted by Gasteiger charge is 2.25. The maximum atomic E-state index is 12.8. The van der Waals surface area contributed by atoms with Gasteiger partial charge < -0.3 is 18.9 Å². The number of Topliss-reactive ketones (excluding diaryl/α,β-unsaturated/α-hetero) is 1. The van der Waals surface area contributed by atoms with Gasteiger partial charge in [0, 0.05) is 11.1 Å². The van der Waals surface area contributed by atoms with E-state index >= 15 is 0 Å². The fourth-order valence-electron chi connectivity index (χ4n) is 2.94. The van der Waals surface area contributed by atoms with Gasteiger partial charge in [-0.25, -0.2) is 0 Å². The number of carbonyl (C=O) groups is 1. The fraction of sp³-hybridized carbons (Fsp3) is 0.250. The maximum Gasteiger partial charge on any atom is 0.203 e. The van der Waals surface area contributed by atoms with Crippen molar-refractivity contribution in [2.45, 2.75) is 6.92 Å². The third-order valence-electron chi connectivity index (χ3n) is 4.18. The van der Waals surface area contributed by atoms with Crippen molar-refractivity contribution in [3.63, 3.8) is 0 Å². The van der Waals surface area contributed by atoms with E-state index in [0.29, 0.717) is 34.1 Å². The van der Waals surface area contributed by atoms with Crippen LogP contribution in [0.25, 0.3) is 6.08 Å². The molecule has 0 N–H and O–H groups in total. The molecule has 3 rings (SSSR count). The Morgan fingerprint density at radius 3 is 2.44 bits per heavy atom. The number of fused-ring (bicyclic) bond motifs is 1. The average Bonchev–Trinajstić information content (AvgIpc) is 2.63. The van der Waals surface area contributed by atoms with Crippen molar-refractivity contribution in [2.24, 2.45) is 0 Å². The van der Waals surface area contributed by atoms with Gasteiger partial charge in [-0.05, 0) is 36.8 Å². The Morgan fingerprint density at radius 1 is 1.00 bits per heavy atom. The lowest BCUT2D eigenvalue weighted by Crippen LogP contribution is -2.19. The van der Waals surface area contributed by atoms with Crippen molar-refractivity contribution < 1.29 is 23.7 Å². The molecular formula is C20H20O5. The highest BCUT2D eigenvalue weighted by atomic mass is 16.5. The molecule has 25 heavy (non-hydrogen) atoms. The van der Waals surface area contributed by atoms with Crippen LogP contribution in [0.1, 0.15) is 21.5 Å². The average molecular weight is 340 g/mol. The van der Waals surface area contributed by atoms with Crippen molar-refractivity contribution in [3.05, 3.63) is 52.6 Å². The molecule has 0 saturated heterocycles. The summed E-state index contributed by atoms with van der Waals surface area (Å²) in [5.41, 5.74) is 2.82. The van der Waals surface area contributed by atoms with Crippen molar-refractivity contribution in [1.82, 2.24) is 0 Å². The van der Waals surface area contributed by atoms with E-state index in [-0.39, 0.29) is 12.4 Å². The van der Waals surface area contributed by atoms with Crippen LogP contribution in [0.4, 0.5) is 0 Å². The molecule has 0 bridgehead atoms. The van der Waals surface area contributed by atoms with Gasteiger partial charge in [0.1, 0.15) is 12.4 Å². The summed E-state index contributed by atoms with van der Waals surface area (Å²) < 4.78 is 22.0. The fourth-order valence-corrected chi connectivity index (χ4v) is 2.94. The van der Waals surface area contributed by atoms with Crippen molar-refractivity contribution in [2.75, 3.05) is 27.9 Å². The summed E-state index contributed by atoms with van der Waals surface area (Å²) in [6, 6.07) is 9.17. The monoisotopic (exact) mass is 340 g/mol. The second-order valence-corrected chi connectivity index (χ2v) is 5.66. The molecule has 0 unspecified atom stereocenters. The Hall–Kier alpha value is -2.95. The Morgan fingerprint density at radius 2 is 1.76 bits per heavy atom. The smallest absolute Gasteiger partial charge is 0.203 e. The van der Waals surface area contributed by atoms with Gasteiger partial charge in [-0.15, -0.1) is 0 Å². The van der Waals surface area contributed by atoms with Gasteiger partial charge in [0.2, 0.25) is 5.75 Å². The SMILES string of the molecule is COc1ccc(/C=C2/COc3c(C)cccc3C2=O)c(OC)c1OC. The molecule has 2 aromatic carbocycles. The zero-order chi connectivity index (χ0) is 18.0. The molecule has 0 saturated carbocycles. The summed E-state index contributed by atoms with van der Waals surface area (Å²) in [5, 5.41) is 0. The summed E-state index contributed by atoms with van der Waals surface area (Å²) in [4.78, 5) is 12.8. The minimum Gasteiger partial charge on any atom is -0.493 e. The van der Waals surface area contributed by atoms with Crippen LogP contribution in [0.2, 0.25) is 0 Å². The Labute approximate surface area is 146 Å². The number of aryl methyl sites for hydroxylation is 1. The van der Waals surface area contributed by atoms with E-state index in [9.17, 15) is 4.79 Å². The molecular weight excluding hydrogens is 320 g/mol. The summed E-state index contributed by atoms with van der Waals surface area (Å²) in [5.74, 6) is 2.18. The van der Waals surface area contributed by atoms with Gasteiger partial charge in [0.25, 0.3) is 0 Å². The van der Waals surface area contributed by atoms with Crippen LogP contribution in [0.3, 0.4) is 0 Å². The third kappa shape index (κ3) is 2.93. The van der Waals surface area contributed by atoms with E-state index in [1.54, 1.807) is 39.5 Å². The Bertz CT molecular complexity index is 851. The molecule has 1 aliphatic rings. The molecule has 0 aliphatic carbocycles. The first-order valence-electron chi connectivity index (χ1n) is 7.87. The quantitative estimate of drug-likeness (QED) is 0.795. The van der Waals surface area contributed by atoms with Gasteiger partial charge >= 0.3 is 0 Å². The van der Waals surface area contributed by atoms with E-state index < -0.39 is 0 Å². The number of para-hydroxylation sites is 1. The van der Waals surface area contributed by atoms with Crippen LogP contribution >= 0.6 is 0 Å². The molecule has 1 aliphatic heterocycles. The van der Waals surface area contributed by atoms with E-state index in [2.05, 4.69) is 0 Å². The van der Waals surface area contributed by atoms with Crippen LogP contribution in [-0.2, 0) is 0 Å². The second-order valence-electron chi connectivity index (χ2n) is 5.66. The molecule has 5 nitrogen and oxygen atoms in total. The van der Waals surface area contributed by atoms with Crippen molar-refractivity contribution in [1.29, 1.82) is 0 Å². The van der Waals surface area contributed by atoms with Crippen LogP contribution in [0, 0.1) is 6.92 Å². The van der Waals surface area contributed by atoms with E-state index in [1.807, 2.05) is 25.1 Å². The van der Waals surface area contributed by atoms with Gasteiger partial charge in [-0.3, -0.25) is 4.79 Å². The molecule has 0 radical (unpaired) electrons. The first kappa shape index (κ1) is 16.9. The number of hydrogen-bond donors (Lipinski definition) is 0. The molecule has 1 heterocycles. The summed E-state index contributed by atoms with van der Waals surface area (Å²) in [7, 11) is 4.66. The first-order chi connectivity index (χ1) is 12.1. The molecule has 130 valence electrons. The lowest BCUT2D eigenvalue weighted by Gasteiger charge is -2.21. The van der Waals surface area contributed by atoms with E-state index in [4.69, 9.17) is 18.9 Å². The van der Waals surface area contributed by atoms with Crippen LogP contribution in [0.15, 0.2) is 35.9 Å². The minimum atomic E-state index is -0.0400. The van der Waals surface area contributed by atoms with Gasteiger partial charge in [0.15, 0.2) is 17.3 Å². The molecule has 0 aromatic heterocycles. The van der Waals surface area contributed by atoms with Crippen molar-refractivity contribution >= 4 is 11.9 Å². The number of methoxy groups -OCH3 is 3. The van der Waals surface area contributed by atoms with Gasteiger partial charge in [0.05, 0.1) is 26.9 Å². The van der Waals surface area contributed by atoms with Crippen LogP contribution in [-0.4, -0.2) is 33.7 Å². The second kappa shape index (κ2) is 6.89. The number of benzene rings is 2. The first-order valence-corrected chi connectivity index (χ1v) is 7.87. The molecule has 5 heteroatoms. The number of carbonyl (C=O) groups excluding carboxylic acids is 1. The summed E-state index contributed by atoms with van der Waals surface area (Å²) in [6.45, 7) is 2.15.